The van der Waals surface area contributed by atoms with Gasteiger partial charge in [0.05, 0.1) is 4.99 Å². The van der Waals surface area contributed by atoms with Crippen molar-refractivity contribution < 1.29 is 0 Å². The zero-order valence-corrected chi connectivity index (χ0v) is 21.3. The Morgan fingerprint density at radius 2 is 1.84 bits per heavy atom. The summed E-state index contributed by atoms with van der Waals surface area (Å²) in [6, 6.07) is 11.7. The molecule has 1 aliphatic heterocycles. The molecule has 3 fully saturated rings. The van der Waals surface area contributed by atoms with Gasteiger partial charge < -0.3 is 10.6 Å². The number of hydrogen-bond acceptors (Lipinski definition) is 2. The van der Waals surface area contributed by atoms with Crippen LogP contribution in [0.15, 0.2) is 30.3 Å². The Kier molecular flexibility index (Phi) is 6.33. The summed E-state index contributed by atoms with van der Waals surface area (Å²) >= 11 is 6.34. The SMILES string of the molecule is CCCC1C(C)CC2(c3ccccc3)CC1CC(C)(C(=S)N1CCC(N)C(C)(C)C1)C2. The summed E-state index contributed by atoms with van der Waals surface area (Å²) in [4.78, 5) is 3.76. The molecule has 3 aliphatic rings. The van der Waals surface area contributed by atoms with E-state index in [1.54, 1.807) is 5.56 Å². The predicted octanol–water partition coefficient (Wildman–Crippen LogP) is 6.57. The molecular weight excluding hydrogens is 396 g/mol. The third-order valence-corrected chi connectivity index (χ3v) is 10.0. The highest BCUT2D eigenvalue weighted by Gasteiger charge is 2.55. The van der Waals surface area contributed by atoms with E-state index in [9.17, 15) is 0 Å². The van der Waals surface area contributed by atoms with E-state index in [-0.39, 0.29) is 22.3 Å². The highest BCUT2D eigenvalue weighted by atomic mass is 32.1. The van der Waals surface area contributed by atoms with Gasteiger partial charge in [-0.1, -0.05) is 90.0 Å². The highest BCUT2D eigenvalue weighted by molar-refractivity contribution is 7.80. The zero-order chi connectivity index (χ0) is 22.4. The summed E-state index contributed by atoms with van der Waals surface area (Å²) in [6.45, 7) is 14.0. The number of fused-ring (bicyclic) bond motifs is 2. The van der Waals surface area contributed by atoms with Gasteiger partial charge in [0.2, 0.25) is 0 Å². The van der Waals surface area contributed by atoms with E-state index in [2.05, 4.69) is 69.9 Å². The summed E-state index contributed by atoms with van der Waals surface area (Å²) in [5, 5.41) is 0. The van der Waals surface area contributed by atoms with Crippen molar-refractivity contribution in [3.63, 3.8) is 0 Å². The highest BCUT2D eigenvalue weighted by Crippen LogP contribution is 2.61. The van der Waals surface area contributed by atoms with E-state index in [1.165, 1.54) is 43.5 Å². The molecule has 1 aromatic carbocycles. The van der Waals surface area contributed by atoms with Gasteiger partial charge >= 0.3 is 0 Å². The van der Waals surface area contributed by atoms with E-state index < -0.39 is 0 Å². The lowest BCUT2D eigenvalue weighted by Crippen LogP contribution is -2.59. The molecular formula is C28H44N2S. The molecule has 1 aromatic rings. The van der Waals surface area contributed by atoms with Gasteiger partial charge in [0.25, 0.3) is 0 Å². The van der Waals surface area contributed by atoms with Crippen LogP contribution in [0.5, 0.6) is 0 Å². The van der Waals surface area contributed by atoms with Crippen LogP contribution in [0.3, 0.4) is 0 Å². The molecule has 2 bridgehead atoms. The van der Waals surface area contributed by atoms with Crippen LogP contribution in [0, 0.1) is 28.6 Å². The largest absolute Gasteiger partial charge is 0.365 e. The van der Waals surface area contributed by atoms with Gasteiger partial charge in [-0.15, -0.1) is 0 Å². The lowest BCUT2D eigenvalue weighted by Gasteiger charge is -2.59. The van der Waals surface area contributed by atoms with E-state index in [0.717, 1.165) is 37.3 Å². The Hall–Kier alpha value is -0.930. The first kappa shape index (κ1) is 23.2. The quantitative estimate of drug-likeness (QED) is 0.537. The average molecular weight is 441 g/mol. The fraction of sp³-hybridized carbons (Fsp3) is 0.750. The van der Waals surface area contributed by atoms with Crippen molar-refractivity contribution in [2.24, 2.45) is 34.3 Å². The number of benzene rings is 1. The summed E-state index contributed by atoms with van der Waals surface area (Å²) in [5.41, 5.74) is 8.50. The van der Waals surface area contributed by atoms with Crippen molar-refractivity contribution in [1.29, 1.82) is 0 Å². The molecule has 3 heteroatoms. The number of nitrogens with zero attached hydrogens (tertiary/aromatic N) is 1. The summed E-state index contributed by atoms with van der Waals surface area (Å²) < 4.78 is 0. The lowest BCUT2D eigenvalue weighted by atomic mass is 9.47. The first-order chi connectivity index (χ1) is 14.6. The molecule has 2 nitrogen and oxygen atoms in total. The standard InChI is InChI=1S/C28H44N2S/c1-6-10-23-20(2)15-28(22-11-8-7-9-12-22)17-21(23)16-27(5,18-28)25(31)30-14-13-24(29)26(3,4)19-30/h7-9,11-12,20-21,23-24H,6,10,13-19,29H2,1-5H3. The lowest BCUT2D eigenvalue weighted by molar-refractivity contribution is -0.00434. The molecule has 6 unspecified atom stereocenters. The fourth-order valence-corrected chi connectivity index (χ4v) is 8.12. The van der Waals surface area contributed by atoms with E-state index >= 15 is 0 Å². The van der Waals surface area contributed by atoms with Gasteiger partial charge in [0.1, 0.15) is 0 Å². The van der Waals surface area contributed by atoms with Crippen molar-refractivity contribution in [3.05, 3.63) is 35.9 Å². The number of rotatable bonds is 4. The molecule has 172 valence electrons. The number of piperidine rings is 1. The third-order valence-electron chi connectivity index (χ3n) is 9.27. The Morgan fingerprint density at radius 3 is 2.48 bits per heavy atom. The minimum atomic E-state index is 0.0950. The van der Waals surface area contributed by atoms with Gasteiger partial charge in [-0.2, -0.15) is 0 Å². The number of likely N-dealkylation sites (tertiary alicyclic amines) is 1. The van der Waals surface area contributed by atoms with E-state index in [4.69, 9.17) is 18.0 Å². The molecule has 4 rings (SSSR count). The zero-order valence-electron chi connectivity index (χ0n) is 20.5. The molecule has 1 heterocycles. The molecule has 1 saturated heterocycles. The summed E-state index contributed by atoms with van der Waals surface area (Å²) in [6.07, 6.45) is 8.83. The van der Waals surface area contributed by atoms with Gasteiger partial charge in [-0.3, -0.25) is 0 Å². The van der Waals surface area contributed by atoms with Crippen LogP contribution in [-0.2, 0) is 5.41 Å². The van der Waals surface area contributed by atoms with E-state index in [0.29, 0.717) is 0 Å². The maximum absolute atomic E-state index is 6.45. The van der Waals surface area contributed by atoms with Gasteiger partial charge in [0, 0.05) is 24.5 Å². The minimum Gasteiger partial charge on any atom is -0.365 e. The van der Waals surface area contributed by atoms with Crippen LogP contribution < -0.4 is 5.73 Å². The van der Waals surface area contributed by atoms with Crippen molar-refractivity contribution in [3.8, 4) is 0 Å². The normalized spacial score (nSPS) is 39.9. The smallest absolute Gasteiger partial charge is 0.0839 e. The van der Waals surface area contributed by atoms with Crippen LogP contribution in [-0.4, -0.2) is 29.0 Å². The van der Waals surface area contributed by atoms with Gasteiger partial charge in [-0.05, 0) is 66.3 Å². The number of hydrogen-bond donors (Lipinski definition) is 1. The minimum absolute atomic E-state index is 0.0950. The first-order valence-corrected chi connectivity index (χ1v) is 13.1. The second kappa shape index (κ2) is 8.45. The van der Waals surface area contributed by atoms with Crippen molar-refractivity contribution in [2.75, 3.05) is 13.1 Å². The molecule has 0 radical (unpaired) electrons. The van der Waals surface area contributed by atoms with Crippen molar-refractivity contribution in [1.82, 2.24) is 4.90 Å². The molecule has 6 atom stereocenters. The molecule has 2 aliphatic carbocycles. The van der Waals surface area contributed by atoms with Crippen LogP contribution in [0.2, 0.25) is 0 Å². The number of nitrogens with two attached hydrogens (primary N) is 1. The topological polar surface area (TPSA) is 29.3 Å². The Labute approximate surface area is 196 Å². The van der Waals surface area contributed by atoms with Crippen LogP contribution in [0.1, 0.15) is 85.1 Å². The molecule has 2 saturated carbocycles. The average Bonchev–Trinajstić information content (AvgIpc) is 2.72. The molecule has 0 spiro atoms. The molecule has 0 aromatic heterocycles. The molecule has 0 amide bonds. The predicted molar refractivity (Wildman–Crippen MR) is 136 cm³/mol. The maximum atomic E-state index is 6.45. The fourth-order valence-electron chi connectivity index (χ4n) is 7.81. The third kappa shape index (κ3) is 4.22. The molecule has 2 N–H and O–H groups in total. The monoisotopic (exact) mass is 440 g/mol. The van der Waals surface area contributed by atoms with Crippen LogP contribution in [0.25, 0.3) is 0 Å². The Balaban J connectivity index is 1.67. The van der Waals surface area contributed by atoms with Crippen molar-refractivity contribution >= 4 is 17.2 Å². The Morgan fingerprint density at radius 1 is 1.13 bits per heavy atom. The van der Waals surface area contributed by atoms with Crippen molar-refractivity contribution in [2.45, 2.75) is 91.0 Å². The van der Waals surface area contributed by atoms with Crippen LogP contribution >= 0.6 is 12.2 Å². The molecule has 31 heavy (non-hydrogen) atoms. The van der Waals surface area contributed by atoms with Crippen LogP contribution in [0.4, 0.5) is 0 Å². The van der Waals surface area contributed by atoms with E-state index in [1.807, 2.05) is 0 Å². The van der Waals surface area contributed by atoms with Gasteiger partial charge in [-0.25, -0.2) is 0 Å². The Bertz CT molecular complexity index is 785. The first-order valence-electron chi connectivity index (χ1n) is 12.7. The van der Waals surface area contributed by atoms with Gasteiger partial charge in [0.15, 0.2) is 0 Å². The summed E-state index contributed by atoms with van der Waals surface area (Å²) in [7, 11) is 0. The second-order valence-electron chi connectivity index (χ2n) is 12.3. The second-order valence-corrected chi connectivity index (χ2v) is 12.7. The maximum Gasteiger partial charge on any atom is 0.0839 e. The summed E-state index contributed by atoms with van der Waals surface area (Å²) in [5.74, 6) is 2.42. The number of thiocarbonyl (C=S) groups is 1.